The van der Waals surface area contributed by atoms with Crippen LogP contribution < -0.4 is 5.73 Å². The third-order valence-electron chi connectivity index (χ3n) is 5.47. The Hall–Kier alpha value is -2.48. The van der Waals surface area contributed by atoms with Gasteiger partial charge < -0.3 is 10.6 Å². The minimum atomic E-state index is -3.45. The highest BCUT2D eigenvalue weighted by Gasteiger charge is 2.25. The summed E-state index contributed by atoms with van der Waals surface area (Å²) in [7, 11) is -3.45. The molecule has 29 heavy (non-hydrogen) atoms. The molecule has 1 heterocycles. The molecule has 152 valence electrons. The summed E-state index contributed by atoms with van der Waals surface area (Å²) in [5, 5.41) is 4.17. The lowest BCUT2D eigenvalue weighted by Gasteiger charge is -2.34. The van der Waals surface area contributed by atoms with Crippen LogP contribution in [0.3, 0.4) is 0 Å². The summed E-state index contributed by atoms with van der Waals surface area (Å²) < 4.78 is 26.0. The van der Waals surface area contributed by atoms with E-state index in [1.165, 1.54) is 0 Å². The molecule has 0 spiro atoms. The van der Waals surface area contributed by atoms with E-state index in [2.05, 4.69) is 12.1 Å². The second-order valence-electron chi connectivity index (χ2n) is 7.49. The first-order valence-corrected chi connectivity index (χ1v) is 11.5. The Morgan fingerprint density at radius 3 is 2.14 bits per heavy atom. The molecule has 0 aromatic heterocycles. The quantitative estimate of drug-likeness (QED) is 0.651. The van der Waals surface area contributed by atoms with Gasteiger partial charge in [0.05, 0.1) is 4.90 Å². The Morgan fingerprint density at radius 1 is 0.862 bits per heavy atom. The van der Waals surface area contributed by atoms with Crippen LogP contribution in [0.1, 0.15) is 6.42 Å². The van der Waals surface area contributed by atoms with Gasteiger partial charge in [0.2, 0.25) is 5.91 Å². The molecular formula is C22H25N3O3S. The number of fused-ring (bicyclic) bond motifs is 2. The van der Waals surface area contributed by atoms with Crippen molar-refractivity contribution in [1.29, 1.82) is 0 Å². The highest BCUT2D eigenvalue weighted by Crippen LogP contribution is 2.26. The van der Waals surface area contributed by atoms with Crippen LogP contribution in [0.2, 0.25) is 0 Å². The zero-order valence-corrected chi connectivity index (χ0v) is 17.1. The van der Waals surface area contributed by atoms with E-state index in [-0.39, 0.29) is 11.8 Å². The SMILES string of the molecule is NCCC(=O)N1CCN(CS(=O)(=O)c2ccc3cc4ccccc4cc3c2)CC1. The number of hydrogen-bond acceptors (Lipinski definition) is 5. The van der Waals surface area contributed by atoms with Crippen molar-refractivity contribution >= 4 is 37.3 Å². The van der Waals surface area contributed by atoms with Gasteiger partial charge in [0.1, 0.15) is 5.88 Å². The number of nitrogens with two attached hydrogens (primary N) is 1. The summed E-state index contributed by atoms with van der Waals surface area (Å²) >= 11 is 0. The lowest BCUT2D eigenvalue weighted by molar-refractivity contribution is -0.132. The largest absolute Gasteiger partial charge is 0.340 e. The summed E-state index contributed by atoms with van der Waals surface area (Å²) in [5.41, 5.74) is 5.44. The second kappa shape index (κ2) is 8.10. The highest BCUT2D eigenvalue weighted by atomic mass is 32.2. The maximum absolute atomic E-state index is 13.0. The number of nitrogens with zero attached hydrogens (tertiary/aromatic N) is 2. The number of amides is 1. The maximum atomic E-state index is 13.0. The van der Waals surface area contributed by atoms with Crippen LogP contribution in [0.4, 0.5) is 0 Å². The van der Waals surface area contributed by atoms with E-state index in [0.717, 1.165) is 21.5 Å². The summed E-state index contributed by atoms with van der Waals surface area (Å²) in [5.74, 6) is 0.00197. The van der Waals surface area contributed by atoms with Crippen molar-refractivity contribution in [3.8, 4) is 0 Å². The molecule has 0 unspecified atom stereocenters. The van der Waals surface area contributed by atoms with Gasteiger partial charge in [0, 0.05) is 39.1 Å². The molecule has 1 saturated heterocycles. The molecule has 7 heteroatoms. The van der Waals surface area contributed by atoms with Crippen LogP contribution in [0.5, 0.6) is 0 Å². The zero-order valence-electron chi connectivity index (χ0n) is 16.3. The van der Waals surface area contributed by atoms with Crippen LogP contribution >= 0.6 is 0 Å². The van der Waals surface area contributed by atoms with Crippen molar-refractivity contribution in [1.82, 2.24) is 9.80 Å². The normalized spacial score (nSPS) is 15.8. The fraction of sp³-hybridized carbons (Fsp3) is 0.318. The Balaban J connectivity index is 1.51. The van der Waals surface area contributed by atoms with Crippen molar-refractivity contribution in [3.05, 3.63) is 54.6 Å². The number of hydrogen-bond donors (Lipinski definition) is 1. The first-order chi connectivity index (χ1) is 14.0. The molecule has 0 bridgehead atoms. The standard InChI is InChI=1S/C22H25N3O3S/c23-8-7-22(26)25-11-9-24(10-12-25)16-29(27,28)21-6-5-19-13-17-3-1-2-4-18(17)14-20(19)15-21/h1-6,13-15H,7-12,16,23H2. The van der Waals surface area contributed by atoms with Crippen molar-refractivity contribution in [2.45, 2.75) is 11.3 Å². The van der Waals surface area contributed by atoms with Gasteiger partial charge in [-0.25, -0.2) is 8.42 Å². The van der Waals surface area contributed by atoms with Crippen LogP contribution in [-0.4, -0.2) is 62.7 Å². The van der Waals surface area contributed by atoms with E-state index < -0.39 is 9.84 Å². The van der Waals surface area contributed by atoms with Gasteiger partial charge in [0.25, 0.3) is 0 Å². The molecule has 6 nitrogen and oxygen atoms in total. The molecular weight excluding hydrogens is 386 g/mol. The van der Waals surface area contributed by atoms with Gasteiger partial charge in [-0.3, -0.25) is 9.69 Å². The van der Waals surface area contributed by atoms with Gasteiger partial charge in [0.15, 0.2) is 9.84 Å². The molecule has 3 aromatic carbocycles. The monoisotopic (exact) mass is 411 g/mol. The van der Waals surface area contributed by atoms with Crippen molar-refractivity contribution in [3.63, 3.8) is 0 Å². The Bertz CT molecular complexity index is 1150. The molecule has 1 amide bonds. The van der Waals surface area contributed by atoms with Crippen LogP contribution in [0.25, 0.3) is 21.5 Å². The Morgan fingerprint density at radius 2 is 1.48 bits per heavy atom. The summed E-state index contributed by atoms with van der Waals surface area (Å²) in [6.07, 6.45) is 0.337. The summed E-state index contributed by atoms with van der Waals surface area (Å²) in [6, 6.07) is 17.5. The molecule has 1 aliphatic rings. The number of carbonyl (C=O) groups excluding carboxylic acids is 1. The van der Waals surface area contributed by atoms with Crippen LogP contribution in [-0.2, 0) is 14.6 Å². The average molecular weight is 412 g/mol. The van der Waals surface area contributed by atoms with Crippen molar-refractivity contribution in [2.75, 3.05) is 38.6 Å². The number of benzene rings is 3. The third-order valence-corrected chi connectivity index (χ3v) is 7.15. The lowest BCUT2D eigenvalue weighted by Crippen LogP contribution is -2.50. The van der Waals surface area contributed by atoms with E-state index in [1.807, 2.05) is 35.2 Å². The molecule has 1 aliphatic heterocycles. The van der Waals surface area contributed by atoms with E-state index >= 15 is 0 Å². The summed E-state index contributed by atoms with van der Waals surface area (Å²) in [4.78, 5) is 15.9. The van der Waals surface area contributed by atoms with Gasteiger partial charge in [-0.05, 0) is 45.8 Å². The van der Waals surface area contributed by atoms with Crippen molar-refractivity contribution in [2.24, 2.45) is 5.73 Å². The Labute approximate surface area is 170 Å². The van der Waals surface area contributed by atoms with E-state index in [1.54, 1.807) is 17.0 Å². The predicted octanol–water partition coefficient (Wildman–Crippen LogP) is 2.22. The van der Waals surface area contributed by atoms with Gasteiger partial charge in [-0.1, -0.05) is 30.3 Å². The van der Waals surface area contributed by atoms with E-state index in [9.17, 15) is 13.2 Å². The predicted molar refractivity (Wildman–Crippen MR) is 115 cm³/mol. The minimum absolute atomic E-state index is 0.0367. The molecule has 1 fully saturated rings. The van der Waals surface area contributed by atoms with Crippen molar-refractivity contribution < 1.29 is 13.2 Å². The first-order valence-electron chi connectivity index (χ1n) is 9.82. The molecule has 4 rings (SSSR count). The number of piperazine rings is 1. The third kappa shape index (κ3) is 4.27. The van der Waals surface area contributed by atoms with E-state index in [0.29, 0.717) is 44.0 Å². The molecule has 0 atom stereocenters. The fourth-order valence-corrected chi connectivity index (χ4v) is 5.30. The maximum Gasteiger partial charge on any atom is 0.223 e. The summed E-state index contributed by atoms with van der Waals surface area (Å²) in [6.45, 7) is 2.52. The number of sulfone groups is 1. The molecule has 0 aliphatic carbocycles. The average Bonchev–Trinajstić information content (AvgIpc) is 2.72. The second-order valence-corrected chi connectivity index (χ2v) is 9.45. The van der Waals surface area contributed by atoms with Gasteiger partial charge >= 0.3 is 0 Å². The van der Waals surface area contributed by atoms with Crippen LogP contribution in [0.15, 0.2) is 59.5 Å². The van der Waals surface area contributed by atoms with E-state index in [4.69, 9.17) is 5.73 Å². The van der Waals surface area contributed by atoms with Gasteiger partial charge in [-0.2, -0.15) is 0 Å². The lowest BCUT2D eigenvalue weighted by atomic mass is 10.0. The highest BCUT2D eigenvalue weighted by molar-refractivity contribution is 7.91. The Kier molecular flexibility index (Phi) is 5.54. The molecule has 2 N–H and O–H groups in total. The fourth-order valence-electron chi connectivity index (χ4n) is 3.83. The molecule has 0 radical (unpaired) electrons. The minimum Gasteiger partial charge on any atom is -0.340 e. The van der Waals surface area contributed by atoms with Gasteiger partial charge in [-0.15, -0.1) is 0 Å². The smallest absolute Gasteiger partial charge is 0.223 e. The topological polar surface area (TPSA) is 83.7 Å². The first kappa shape index (κ1) is 19.8. The van der Waals surface area contributed by atoms with Crippen LogP contribution in [0, 0.1) is 0 Å². The number of rotatable bonds is 5. The zero-order chi connectivity index (χ0) is 20.4. The molecule has 0 saturated carbocycles. The molecule has 3 aromatic rings. The number of carbonyl (C=O) groups is 1.